The van der Waals surface area contributed by atoms with Gasteiger partial charge in [-0.3, -0.25) is 0 Å². The molecular weight excluding hydrogens is 536 g/mol. The lowest BCUT2D eigenvalue weighted by Gasteiger charge is -2.38. The van der Waals surface area contributed by atoms with Crippen LogP contribution in [0.4, 0.5) is 10.2 Å². The molecule has 3 heterocycles. The summed E-state index contributed by atoms with van der Waals surface area (Å²) in [6, 6.07) is 10.6. The predicted octanol–water partition coefficient (Wildman–Crippen LogP) is 3.60. The van der Waals surface area contributed by atoms with Gasteiger partial charge < -0.3 is 24.6 Å². The third-order valence-electron chi connectivity index (χ3n) is 5.71. The predicted molar refractivity (Wildman–Crippen MR) is 139 cm³/mol. The summed E-state index contributed by atoms with van der Waals surface area (Å²) < 4.78 is 25.0. The Bertz CT molecular complexity index is 908. The molecule has 0 radical (unpaired) electrons. The van der Waals surface area contributed by atoms with Crippen LogP contribution >= 0.6 is 24.0 Å². The van der Waals surface area contributed by atoms with Gasteiger partial charge in [0.05, 0.1) is 32.4 Å². The summed E-state index contributed by atoms with van der Waals surface area (Å²) in [4.78, 5) is 14.1. The van der Waals surface area contributed by atoms with E-state index in [0.29, 0.717) is 13.1 Å². The fourth-order valence-corrected chi connectivity index (χ4v) is 4.19. The number of aromatic nitrogens is 1. The summed E-state index contributed by atoms with van der Waals surface area (Å²) in [6.07, 6.45) is 1.73. The molecule has 2 atom stereocenters. The van der Waals surface area contributed by atoms with Crippen molar-refractivity contribution in [3.63, 3.8) is 0 Å². The van der Waals surface area contributed by atoms with E-state index in [1.807, 2.05) is 12.3 Å². The Morgan fingerprint density at radius 2 is 1.94 bits per heavy atom. The van der Waals surface area contributed by atoms with E-state index in [1.54, 1.807) is 12.1 Å². The van der Waals surface area contributed by atoms with E-state index >= 15 is 0 Å². The number of pyridine rings is 1. The molecule has 2 fully saturated rings. The minimum atomic E-state index is -0.239. The van der Waals surface area contributed by atoms with E-state index in [-0.39, 0.29) is 42.0 Å². The van der Waals surface area contributed by atoms with Crippen molar-refractivity contribution in [1.29, 1.82) is 0 Å². The Morgan fingerprint density at radius 3 is 2.67 bits per heavy atom. The summed E-state index contributed by atoms with van der Waals surface area (Å²) in [6.45, 7) is 9.96. The Morgan fingerprint density at radius 1 is 1.18 bits per heavy atom. The number of hydrogen-bond acceptors (Lipinski definition) is 5. The van der Waals surface area contributed by atoms with Gasteiger partial charge in [0.1, 0.15) is 17.7 Å². The first kappa shape index (κ1) is 25.6. The number of nitrogens with one attached hydrogen (secondary N) is 1. The van der Waals surface area contributed by atoms with Crippen LogP contribution in [0.1, 0.15) is 31.1 Å². The topological polar surface area (TPSA) is 62.2 Å². The van der Waals surface area contributed by atoms with Crippen molar-refractivity contribution in [3.05, 3.63) is 59.5 Å². The van der Waals surface area contributed by atoms with Crippen molar-refractivity contribution in [3.8, 4) is 0 Å². The first-order chi connectivity index (χ1) is 15.6. The van der Waals surface area contributed by atoms with Crippen LogP contribution in [0.2, 0.25) is 0 Å². The smallest absolute Gasteiger partial charge is 0.194 e. The van der Waals surface area contributed by atoms with Gasteiger partial charge in [-0.2, -0.15) is 0 Å². The quantitative estimate of drug-likeness (QED) is 0.338. The maximum absolute atomic E-state index is 13.4. The van der Waals surface area contributed by atoms with Crippen LogP contribution in [0, 0.1) is 5.82 Å². The highest BCUT2D eigenvalue weighted by atomic mass is 127. The first-order valence-electron chi connectivity index (χ1n) is 11.3. The number of hydrogen-bond donors (Lipinski definition) is 1. The van der Waals surface area contributed by atoms with Crippen molar-refractivity contribution in [2.75, 3.05) is 50.8 Å². The van der Waals surface area contributed by atoms with E-state index in [2.05, 4.69) is 40.0 Å². The lowest BCUT2D eigenvalue weighted by Crippen LogP contribution is -2.50. The van der Waals surface area contributed by atoms with E-state index < -0.39 is 0 Å². The molecule has 1 N–H and O–H groups in total. The third kappa shape index (κ3) is 6.77. The van der Waals surface area contributed by atoms with Gasteiger partial charge in [-0.15, -0.1) is 24.0 Å². The average Bonchev–Trinajstić information content (AvgIpc) is 2.82. The number of guanidine groups is 1. The number of benzene rings is 1. The zero-order valence-electron chi connectivity index (χ0n) is 19.2. The Kier molecular flexibility index (Phi) is 9.69. The van der Waals surface area contributed by atoms with Crippen molar-refractivity contribution >= 4 is 35.8 Å². The molecule has 7 nitrogen and oxygen atoms in total. The Balaban J connectivity index is 0.00000306. The van der Waals surface area contributed by atoms with Crippen LogP contribution in [0.3, 0.4) is 0 Å². The third-order valence-corrected chi connectivity index (χ3v) is 5.71. The standard InChI is InChI=1S/C24H32FN5O2.HI/c1-3-26-24(28-15-20-5-4-10-27-23(20)29-11-13-31-14-12-29)30-16-18(2)32-22(17-30)19-6-8-21(25)9-7-19;/h4-10,18,22H,3,11-17H2,1-2H3,(H,26,28);1H. The second kappa shape index (κ2) is 12.5. The molecule has 2 aromatic rings. The van der Waals surface area contributed by atoms with E-state index in [9.17, 15) is 4.39 Å². The van der Waals surface area contributed by atoms with Crippen LogP contribution in [0.15, 0.2) is 47.6 Å². The molecule has 180 valence electrons. The van der Waals surface area contributed by atoms with Gasteiger partial charge in [0.2, 0.25) is 0 Å². The summed E-state index contributed by atoms with van der Waals surface area (Å²) in [5.41, 5.74) is 2.07. The normalized spacial score (nSPS) is 21.5. The number of anilines is 1. The molecule has 1 aromatic carbocycles. The molecule has 0 saturated carbocycles. The fourth-order valence-electron chi connectivity index (χ4n) is 4.19. The van der Waals surface area contributed by atoms with E-state index in [4.69, 9.17) is 14.5 Å². The van der Waals surface area contributed by atoms with E-state index in [0.717, 1.165) is 62.3 Å². The number of rotatable bonds is 5. The van der Waals surface area contributed by atoms with Gasteiger partial charge in [0.15, 0.2) is 5.96 Å². The van der Waals surface area contributed by atoms with Crippen molar-refractivity contribution < 1.29 is 13.9 Å². The van der Waals surface area contributed by atoms with Crippen molar-refractivity contribution in [1.82, 2.24) is 15.2 Å². The molecule has 1 aromatic heterocycles. The van der Waals surface area contributed by atoms with Gasteiger partial charge in [0, 0.05) is 37.9 Å². The second-order valence-corrected chi connectivity index (χ2v) is 8.15. The largest absolute Gasteiger partial charge is 0.378 e. The highest BCUT2D eigenvalue weighted by molar-refractivity contribution is 14.0. The van der Waals surface area contributed by atoms with Crippen molar-refractivity contribution in [2.45, 2.75) is 32.6 Å². The summed E-state index contributed by atoms with van der Waals surface area (Å²) in [5, 5.41) is 3.43. The van der Waals surface area contributed by atoms with Crippen molar-refractivity contribution in [2.24, 2.45) is 4.99 Å². The van der Waals surface area contributed by atoms with Crippen LogP contribution in [-0.2, 0) is 16.0 Å². The average molecular weight is 569 g/mol. The Hall–Kier alpha value is -1.98. The minimum Gasteiger partial charge on any atom is -0.378 e. The number of morpholine rings is 2. The Labute approximate surface area is 212 Å². The maximum Gasteiger partial charge on any atom is 0.194 e. The van der Waals surface area contributed by atoms with Crippen LogP contribution in [0.5, 0.6) is 0 Å². The zero-order chi connectivity index (χ0) is 22.3. The number of halogens is 2. The second-order valence-electron chi connectivity index (χ2n) is 8.15. The molecule has 33 heavy (non-hydrogen) atoms. The number of nitrogens with zero attached hydrogens (tertiary/aromatic N) is 4. The number of aliphatic imine (C=N–C) groups is 1. The van der Waals surface area contributed by atoms with Crippen LogP contribution < -0.4 is 10.2 Å². The van der Waals surface area contributed by atoms with E-state index in [1.165, 1.54) is 12.1 Å². The molecule has 0 bridgehead atoms. The fraction of sp³-hybridized carbons (Fsp3) is 0.500. The molecule has 4 rings (SSSR count). The monoisotopic (exact) mass is 569 g/mol. The highest BCUT2D eigenvalue weighted by Crippen LogP contribution is 2.26. The molecule has 0 spiro atoms. The molecule has 2 unspecified atom stereocenters. The van der Waals surface area contributed by atoms with Gasteiger partial charge in [-0.25, -0.2) is 14.4 Å². The number of ether oxygens (including phenoxy) is 2. The molecule has 0 amide bonds. The molecule has 2 aliphatic rings. The van der Waals surface area contributed by atoms with Crippen LogP contribution in [0.25, 0.3) is 0 Å². The van der Waals surface area contributed by atoms with Gasteiger partial charge in [-0.1, -0.05) is 18.2 Å². The van der Waals surface area contributed by atoms with Gasteiger partial charge in [0.25, 0.3) is 0 Å². The SMILES string of the molecule is CCNC(=NCc1cccnc1N1CCOCC1)N1CC(C)OC(c2ccc(F)cc2)C1.I. The highest BCUT2D eigenvalue weighted by Gasteiger charge is 2.28. The zero-order valence-corrected chi connectivity index (χ0v) is 21.6. The lowest BCUT2D eigenvalue weighted by atomic mass is 10.1. The summed E-state index contributed by atoms with van der Waals surface area (Å²) in [5.74, 6) is 1.60. The van der Waals surface area contributed by atoms with Crippen LogP contribution in [-0.4, -0.2) is 67.9 Å². The first-order valence-corrected chi connectivity index (χ1v) is 11.3. The molecule has 0 aliphatic carbocycles. The molecular formula is C24H33FIN5O2. The molecule has 2 aliphatic heterocycles. The maximum atomic E-state index is 13.4. The summed E-state index contributed by atoms with van der Waals surface area (Å²) in [7, 11) is 0. The minimum absolute atomic E-state index is 0. The lowest BCUT2D eigenvalue weighted by molar-refractivity contribution is -0.0605. The molecule has 2 saturated heterocycles. The van der Waals surface area contributed by atoms with Gasteiger partial charge in [-0.05, 0) is 37.6 Å². The van der Waals surface area contributed by atoms with Gasteiger partial charge >= 0.3 is 0 Å². The molecule has 9 heteroatoms. The summed E-state index contributed by atoms with van der Waals surface area (Å²) >= 11 is 0.